The van der Waals surface area contributed by atoms with Gasteiger partial charge in [-0.1, -0.05) is 6.07 Å². The molecule has 0 spiro atoms. The Balaban J connectivity index is 2.35. The maximum atomic E-state index is 12.4. The lowest BCUT2D eigenvalue weighted by Crippen LogP contribution is -2.28. The van der Waals surface area contributed by atoms with Crippen molar-refractivity contribution < 1.29 is 18.3 Å². The van der Waals surface area contributed by atoms with Crippen molar-refractivity contribution in [3.8, 4) is 0 Å². The minimum absolute atomic E-state index is 0.0548. The van der Waals surface area contributed by atoms with E-state index >= 15 is 0 Å². The molecule has 112 valence electrons. The fourth-order valence-electron chi connectivity index (χ4n) is 1.89. The lowest BCUT2D eigenvalue weighted by Gasteiger charge is -2.14. The van der Waals surface area contributed by atoms with Crippen molar-refractivity contribution >= 4 is 16.0 Å². The molecule has 0 saturated heterocycles. The van der Waals surface area contributed by atoms with Crippen LogP contribution in [0.5, 0.6) is 0 Å². The number of hydrogen-bond acceptors (Lipinski definition) is 4. The first-order chi connectivity index (χ1) is 9.81. The van der Waals surface area contributed by atoms with Crippen molar-refractivity contribution in [1.29, 1.82) is 0 Å². The fraction of sp³-hybridized carbons (Fsp3) is 0.231. The van der Waals surface area contributed by atoms with E-state index in [2.05, 4.69) is 14.7 Å². The third-order valence-corrected chi connectivity index (χ3v) is 4.67. The van der Waals surface area contributed by atoms with Crippen LogP contribution in [-0.4, -0.2) is 29.5 Å². The largest absolute Gasteiger partial charge is 0.478 e. The summed E-state index contributed by atoms with van der Waals surface area (Å²) in [6.07, 6.45) is 3.12. The summed E-state index contributed by atoms with van der Waals surface area (Å²) in [6.45, 7) is 3.25. The van der Waals surface area contributed by atoms with Crippen LogP contribution in [-0.2, 0) is 10.0 Å². The number of nitrogens with zero attached hydrogens (tertiary/aromatic N) is 1. The van der Waals surface area contributed by atoms with Crippen LogP contribution in [0.15, 0.2) is 35.5 Å². The molecule has 0 saturated carbocycles. The highest BCUT2D eigenvalue weighted by molar-refractivity contribution is 7.89. The fourth-order valence-corrected chi connectivity index (χ4v) is 3.37. The van der Waals surface area contributed by atoms with Crippen molar-refractivity contribution in [2.24, 2.45) is 0 Å². The molecule has 1 aromatic carbocycles. The molecule has 8 heteroatoms. The number of carboxylic acids is 1. The van der Waals surface area contributed by atoms with Gasteiger partial charge in [0.05, 0.1) is 16.5 Å². The summed E-state index contributed by atoms with van der Waals surface area (Å²) >= 11 is 0. The number of aromatic amines is 1. The van der Waals surface area contributed by atoms with E-state index in [1.807, 2.05) is 0 Å². The quantitative estimate of drug-likeness (QED) is 0.774. The Labute approximate surface area is 122 Å². The molecule has 2 aromatic rings. The molecule has 21 heavy (non-hydrogen) atoms. The smallest absolute Gasteiger partial charge is 0.335 e. The van der Waals surface area contributed by atoms with Gasteiger partial charge in [0.2, 0.25) is 10.0 Å². The van der Waals surface area contributed by atoms with E-state index in [1.54, 1.807) is 20.0 Å². The minimum Gasteiger partial charge on any atom is -0.478 e. The van der Waals surface area contributed by atoms with Gasteiger partial charge in [0, 0.05) is 12.4 Å². The number of nitrogens with one attached hydrogen (secondary N) is 2. The number of sulfonamides is 1. The van der Waals surface area contributed by atoms with E-state index in [0.717, 1.165) is 6.07 Å². The van der Waals surface area contributed by atoms with Gasteiger partial charge in [-0.25, -0.2) is 22.9 Å². The molecule has 2 rings (SSSR count). The first-order valence-corrected chi connectivity index (χ1v) is 7.65. The van der Waals surface area contributed by atoms with Crippen LogP contribution in [0.3, 0.4) is 0 Å². The van der Waals surface area contributed by atoms with Crippen LogP contribution in [0, 0.1) is 6.92 Å². The number of aryl methyl sites for hydroxylation is 1. The van der Waals surface area contributed by atoms with E-state index in [0.29, 0.717) is 11.4 Å². The maximum Gasteiger partial charge on any atom is 0.335 e. The van der Waals surface area contributed by atoms with Crippen molar-refractivity contribution in [1.82, 2.24) is 14.7 Å². The summed E-state index contributed by atoms with van der Waals surface area (Å²) in [5.41, 5.74) is 0.394. The molecule has 1 aromatic heterocycles. The molecule has 0 fully saturated rings. The summed E-state index contributed by atoms with van der Waals surface area (Å²) in [7, 11) is -3.85. The molecule has 1 heterocycles. The molecule has 0 aliphatic carbocycles. The number of carboxylic acid groups (broad SMARTS) is 1. The topological polar surface area (TPSA) is 112 Å². The van der Waals surface area contributed by atoms with Gasteiger partial charge >= 0.3 is 5.97 Å². The molecule has 0 aliphatic rings. The number of benzene rings is 1. The molecule has 0 aliphatic heterocycles. The van der Waals surface area contributed by atoms with Crippen LogP contribution < -0.4 is 4.72 Å². The van der Waals surface area contributed by atoms with E-state index in [1.165, 1.54) is 18.3 Å². The summed E-state index contributed by atoms with van der Waals surface area (Å²) in [6, 6.07) is 3.43. The summed E-state index contributed by atoms with van der Waals surface area (Å²) < 4.78 is 27.2. The summed E-state index contributed by atoms with van der Waals surface area (Å²) in [4.78, 5) is 17.7. The third-order valence-electron chi connectivity index (χ3n) is 2.99. The van der Waals surface area contributed by atoms with Gasteiger partial charge in [0.25, 0.3) is 0 Å². The Bertz CT molecular complexity index is 754. The highest BCUT2D eigenvalue weighted by Crippen LogP contribution is 2.19. The molecule has 0 amide bonds. The number of H-pyrrole nitrogens is 1. The molecule has 0 bridgehead atoms. The lowest BCUT2D eigenvalue weighted by molar-refractivity contribution is 0.0696. The average Bonchev–Trinajstić information content (AvgIpc) is 2.92. The van der Waals surface area contributed by atoms with Crippen molar-refractivity contribution in [3.05, 3.63) is 47.5 Å². The lowest BCUT2D eigenvalue weighted by atomic mass is 10.1. The third kappa shape index (κ3) is 3.29. The highest BCUT2D eigenvalue weighted by atomic mass is 32.2. The van der Waals surface area contributed by atoms with Crippen LogP contribution in [0.2, 0.25) is 0 Å². The summed E-state index contributed by atoms with van der Waals surface area (Å²) in [5.74, 6) is -0.698. The predicted octanol–water partition coefficient (Wildman–Crippen LogP) is 1.46. The number of imidazole rings is 1. The minimum atomic E-state index is -3.85. The second kappa shape index (κ2) is 5.66. The SMILES string of the molecule is Cc1ccc(C(=O)O)cc1S(=O)(=O)NC(C)c1ncc[nH]1. The monoisotopic (exact) mass is 309 g/mol. The standard InChI is InChI=1S/C13H15N3O4S/c1-8-3-4-10(13(17)18)7-11(8)21(19,20)16-9(2)12-14-5-6-15-12/h3-7,9,16H,1-2H3,(H,14,15)(H,17,18). The van der Waals surface area contributed by atoms with Gasteiger partial charge in [-0.05, 0) is 31.5 Å². The van der Waals surface area contributed by atoms with E-state index in [4.69, 9.17) is 5.11 Å². The summed E-state index contributed by atoms with van der Waals surface area (Å²) in [5, 5.41) is 8.97. The Morgan fingerprint density at radius 2 is 2.14 bits per heavy atom. The van der Waals surface area contributed by atoms with Crippen molar-refractivity contribution in [3.63, 3.8) is 0 Å². The van der Waals surface area contributed by atoms with E-state index in [9.17, 15) is 13.2 Å². The Morgan fingerprint density at radius 1 is 1.43 bits per heavy atom. The van der Waals surface area contributed by atoms with Crippen LogP contribution in [0.25, 0.3) is 0 Å². The first kappa shape index (κ1) is 15.2. The molecular formula is C13H15N3O4S. The number of rotatable bonds is 5. The zero-order valence-electron chi connectivity index (χ0n) is 11.5. The zero-order chi connectivity index (χ0) is 15.6. The van der Waals surface area contributed by atoms with Crippen LogP contribution in [0.1, 0.15) is 34.7 Å². The number of hydrogen-bond donors (Lipinski definition) is 3. The number of aromatic carboxylic acids is 1. The van der Waals surface area contributed by atoms with Gasteiger partial charge in [-0.15, -0.1) is 0 Å². The van der Waals surface area contributed by atoms with Crippen LogP contribution >= 0.6 is 0 Å². The van der Waals surface area contributed by atoms with Gasteiger partial charge in [0.15, 0.2) is 0 Å². The molecule has 1 unspecified atom stereocenters. The Hall–Kier alpha value is -2.19. The normalized spacial score (nSPS) is 13.0. The average molecular weight is 309 g/mol. The van der Waals surface area contributed by atoms with Gasteiger partial charge in [-0.2, -0.15) is 0 Å². The van der Waals surface area contributed by atoms with E-state index < -0.39 is 22.0 Å². The Kier molecular flexibility index (Phi) is 4.10. The van der Waals surface area contributed by atoms with Gasteiger partial charge in [0.1, 0.15) is 5.82 Å². The molecule has 1 atom stereocenters. The molecule has 7 nitrogen and oxygen atoms in total. The second-order valence-corrected chi connectivity index (χ2v) is 6.29. The number of aromatic nitrogens is 2. The molecule has 3 N–H and O–H groups in total. The second-order valence-electron chi connectivity index (χ2n) is 4.60. The zero-order valence-corrected chi connectivity index (χ0v) is 12.3. The first-order valence-electron chi connectivity index (χ1n) is 6.17. The van der Waals surface area contributed by atoms with Crippen molar-refractivity contribution in [2.45, 2.75) is 24.8 Å². The van der Waals surface area contributed by atoms with Gasteiger partial charge in [-0.3, -0.25) is 0 Å². The highest BCUT2D eigenvalue weighted by Gasteiger charge is 2.22. The van der Waals surface area contributed by atoms with Gasteiger partial charge < -0.3 is 10.1 Å². The van der Waals surface area contributed by atoms with Crippen LogP contribution in [0.4, 0.5) is 0 Å². The molecule has 0 radical (unpaired) electrons. The van der Waals surface area contributed by atoms with E-state index in [-0.39, 0.29) is 10.5 Å². The molecular weight excluding hydrogens is 294 g/mol. The van der Waals surface area contributed by atoms with Crippen molar-refractivity contribution in [2.75, 3.05) is 0 Å². The predicted molar refractivity (Wildman–Crippen MR) is 75.5 cm³/mol. The number of carbonyl (C=O) groups is 1. The maximum absolute atomic E-state index is 12.4. The Morgan fingerprint density at radius 3 is 2.71 bits per heavy atom.